The Hall–Kier alpha value is -4.30. The first-order valence-electron chi connectivity index (χ1n) is 11.1. The van der Waals surface area contributed by atoms with Crippen LogP contribution >= 0.6 is 0 Å². The number of benzene rings is 1. The number of rotatable bonds is 6. The van der Waals surface area contributed by atoms with E-state index in [1.807, 2.05) is 65.5 Å². The molecule has 0 atom stereocenters. The number of H-pyrrole nitrogens is 1. The highest BCUT2D eigenvalue weighted by molar-refractivity contribution is 6.02. The van der Waals surface area contributed by atoms with E-state index in [1.54, 1.807) is 24.7 Å². The van der Waals surface area contributed by atoms with Crippen molar-refractivity contribution in [3.05, 3.63) is 91.0 Å². The molecule has 4 heterocycles. The van der Waals surface area contributed by atoms with Crippen molar-refractivity contribution in [2.24, 2.45) is 0 Å². The number of carbonyl (C=O) groups is 1. The molecule has 0 saturated carbocycles. The highest BCUT2D eigenvalue weighted by Crippen LogP contribution is 2.21. The normalized spacial score (nSPS) is 13.8. The quantitative estimate of drug-likeness (QED) is 0.346. The molecule has 34 heavy (non-hydrogen) atoms. The Morgan fingerprint density at radius 1 is 1.06 bits per heavy atom. The summed E-state index contributed by atoms with van der Waals surface area (Å²) >= 11 is 0. The van der Waals surface area contributed by atoms with E-state index in [-0.39, 0.29) is 5.91 Å². The Balaban J connectivity index is 1.33. The lowest BCUT2D eigenvalue weighted by molar-refractivity contribution is -0.654. The van der Waals surface area contributed by atoms with Crippen molar-refractivity contribution in [3.63, 3.8) is 0 Å². The third-order valence-electron chi connectivity index (χ3n) is 5.54. The predicted molar refractivity (Wildman–Crippen MR) is 130 cm³/mol. The van der Waals surface area contributed by atoms with Gasteiger partial charge in [0, 0.05) is 49.3 Å². The molecule has 1 aliphatic rings. The Morgan fingerprint density at radius 2 is 1.91 bits per heavy atom. The average Bonchev–Trinajstić information content (AvgIpc) is 3.34. The van der Waals surface area contributed by atoms with Crippen LogP contribution in [0.1, 0.15) is 5.56 Å². The van der Waals surface area contributed by atoms with Crippen molar-refractivity contribution in [1.82, 2.24) is 15.1 Å². The molecule has 4 aromatic rings. The van der Waals surface area contributed by atoms with Gasteiger partial charge in [-0.3, -0.25) is 9.78 Å². The monoisotopic (exact) mass is 453 g/mol. The van der Waals surface area contributed by atoms with Gasteiger partial charge in [0.25, 0.3) is 0 Å². The SMILES string of the molecule is O=C(C=Cc1c[n+](-c2ccccc2)[nH]c1-c1cccnc1)Nc1ccc(N2CCOCC2)nc1. The average molecular weight is 454 g/mol. The van der Waals surface area contributed by atoms with Crippen LogP contribution in [0.15, 0.2) is 85.5 Å². The number of hydrogen-bond donors (Lipinski definition) is 2. The van der Waals surface area contributed by atoms with Gasteiger partial charge in [-0.15, -0.1) is 0 Å². The van der Waals surface area contributed by atoms with Crippen molar-refractivity contribution in [2.75, 3.05) is 36.5 Å². The Labute approximate surface area is 197 Å². The maximum Gasteiger partial charge on any atom is 0.248 e. The number of morpholine rings is 1. The minimum absolute atomic E-state index is 0.231. The number of anilines is 2. The van der Waals surface area contributed by atoms with E-state index >= 15 is 0 Å². The van der Waals surface area contributed by atoms with E-state index in [4.69, 9.17) is 4.74 Å². The fraction of sp³-hybridized carbons (Fsp3) is 0.154. The number of hydrogen-bond acceptors (Lipinski definition) is 5. The molecule has 5 rings (SSSR count). The van der Waals surface area contributed by atoms with Crippen LogP contribution in [0.25, 0.3) is 23.0 Å². The number of carbonyl (C=O) groups excluding carboxylic acids is 1. The molecule has 1 amide bonds. The Kier molecular flexibility index (Phi) is 6.40. The predicted octanol–water partition coefficient (Wildman–Crippen LogP) is 3.24. The number of pyridine rings is 2. The topological polar surface area (TPSA) is 87.0 Å². The van der Waals surface area contributed by atoms with Crippen LogP contribution in [0, 0.1) is 0 Å². The van der Waals surface area contributed by atoms with Gasteiger partial charge in [0.1, 0.15) is 11.5 Å². The Bertz CT molecular complexity index is 1260. The van der Waals surface area contributed by atoms with Crippen molar-refractivity contribution in [2.45, 2.75) is 0 Å². The number of aromatic nitrogens is 4. The standard InChI is InChI=1S/C26H24N6O2/c33-25(29-22-9-10-24(28-18-22)31-13-15-34-16-14-31)11-8-21-19-32(23-6-2-1-3-7-23)30-26(21)20-5-4-12-27-17-20/h1-12,17-19H,13-16H2,(H,29,33)/p+1. The van der Waals surface area contributed by atoms with E-state index in [2.05, 4.69) is 25.3 Å². The molecule has 0 unspecified atom stereocenters. The van der Waals surface area contributed by atoms with E-state index in [0.29, 0.717) is 18.9 Å². The lowest BCUT2D eigenvalue weighted by Crippen LogP contribution is -2.36. The van der Waals surface area contributed by atoms with Crippen LogP contribution in [0.2, 0.25) is 0 Å². The van der Waals surface area contributed by atoms with Crippen LogP contribution in [0.4, 0.5) is 11.5 Å². The summed E-state index contributed by atoms with van der Waals surface area (Å²) in [6.45, 7) is 3.05. The maximum atomic E-state index is 12.6. The molecule has 170 valence electrons. The Morgan fingerprint density at radius 3 is 2.65 bits per heavy atom. The number of ether oxygens (including phenoxy) is 1. The molecule has 8 nitrogen and oxygen atoms in total. The van der Waals surface area contributed by atoms with Gasteiger partial charge in [-0.25, -0.2) is 4.98 Å². The first-order valence-corrected chi connectivity index (χ1v) is 11.1. The molecule has 0 aliphatic carbocycles. The van der Waals surface area contributed by atoms with Crippen LogP contribution < -0.4 is 14.9 Å². The van der Waals surface area contributed by atoms with Gasteiger partial charge in [-0.2, -0.15) is 5.10 Å². The molecular formula is C26H25N6O2+. The van der Waals surface area contributed by atoms with Crippen molar-refractivity contribution in [1.29, 1.82) is 0 Å². The zero-order chi connectivity index (χ0) is 23.2. The molecule has 1 fully saturated rings. The first-order chi connectivity index (χ1) is 16.8. The summed E-state index contributed by atoms with van der Waals surface area (Å²) in [4.78, 5) is 23.5. The number of aromatic amines is 1. The van der Waals surface area contributed by atoms with E-state index in [9.17, 15) is 4.79 Å². The summed E-state index contributed by atoms with van der Waals surface area (Å²) in [5.74, 6) is 0.654. The van der Waals surface area contributed by atoms with E-state index in [1.165, 1.54) is 6.08 Å². The lowest BCUT2D eigenvalue weighted by atomic mass is 10.1. The third kappa shape index (κ3) is 5.02. The van der Waals surface area contributed by atoms with Crippen molar-refractivity contribution < 1.29 is 14.2 Å². The third-order valence-corrected chi connectivity index (χ3v) is 5.54. The maximum absolute atomic E-state index is 12.6. The minimum atomic E-state index is -0.231. The molecule has 1 aromatic carbocycles. The number of nitrogens with zero attached hydrogens (tertiary/aromatic N) is 4. The van der Waals surface area contributed by atoms with Crippen LogP contribution in [0.5, 0.6) is 0 Å². The summed E-state index contributed by atoms with van der Waals surface area (Å²) in [5, 5.41) is 6.27. The second-order valence-electron chi connectivity index (χ2n) is 7.85. The highest BCUT2D eigenvalue weighted by Gasteiger charge is 2.17. The molecule has 0 radical (unpaired) electrons. The van der Waals surface area contributed by atoms with Crippen molar-refractivity contribution >= 4 is 23.5 Å². The van der Waals surface area contributed by atoms with E-state index < -0.39 is 0 Å². The fourth-order valence-electron chi connectivity index (χ4n) is 3.81. The molecule has 1 aliphatic heterocycles. The smallest absolute Gasteiger partial charge is 0.248 e. The molecule has 2 N–H and O–H groups in total. The molecule has 8 heteroatoms. The second-order valence-corrected chi connectivity index (χ2v) is 7.85. The van der Waals surface area contributed by atoms with Gasteiger partial charge in [-0.1, -0.05) is 22.9 Å². The molecule has 0 bridgehead atoms. The summed E-state index contributed by atoms with van der Waals surface area (Å²) in [6, 6.07) is 17.6. The zero-order valence-corrected chi connectivity index (χ0v) is 18.6. The van der Waals surface area contributed by atoms with Gasteiger partial charge >= 0.3 is 0 Å². The largest absolute Gasteiger partial charge is 0.378 e. The molecule has 0 spiro atoms. The minimum Gasteiger partial charge on any atom is -0.378 e. The number of nitrogens with one attached hydrogen (secondary N) is 2. The number of para-hydroxylation sites is 1. The summed E-state index contributed by atoms with van der Waals surface area (Å²) < 4.78 is 7.31. The van der Waals surface area contributed by atoms with Gasteiger partial charge < -0.3 is 15.0 Å². The van der Waals surface area contributed by atoms with Crippen LogP contribution in [-0.2, 0) is 9.53 Å². The van der Waals surface area contributed by atoms with Gasteiger partial charge in [0.2, 0.25) is 17.8 Å². The zero-order valence-electron chi connectivity index (χ0n) is 18.6. The highest BCUT2D eigenvalue weighted by atomic mass is 16.5. The molecule has 3 aromatic heterocycles. The summed E-state index contributed by atoms with van der Waals surface area (Å²) in [7, 11) is 0. The first kappa shape index (κ1) is 21.5. The lowest BCUT2D eigenvalue weighted by Gasteiger charge is -2.27. The summed E-state index contributed by atoms with van der Waals surface area (Å²) in [6.07, 6.45) is 10.5. The van der Waals surface area contributed by atoms with Gasteiger partial charge in [0.15, 0.2) is 0 Å². The number of amides is 1. The van der Waals surface area contributed by atoms with E-state index in [0.717, 1.165) is 41.4 Å². The van der Waals surface area contributed by atoms with Crippen LogP contribution in [0.3, 0.4) is 0 Å². The van der Waals surface area contributed by atoms with Gasteiger partial charge in [0.05, 0.1) is 30.7 Å². The second kappa shape index (κ2) is 10.1. The fourth-order valence-corrected chi connectivity index (χ4v) is 3.81. The van der Waals surface area contributed by atoms with Crippen LogP contribution in [-0.4, -0.2) is 47.3 Å². The molecule has 1 saturated heterocycles. The van der Waals surface area contributed by atoms with Gasteiger partial charge in [-0.05, 0) is 30.3 Å². The van der Waals surface area contributed by atoms with Crippen molar-refractivity contribution in [3.8, 4) is 16.9 Å². The molecular weight excluding hydrogens is 428 g/mol. The summed E-state index contributed by atoms with van der Waals surface area (Å²) in [5.41, 5.74) is 4.31.